The SMILES string of the molecule is C/C=C\C=C/C(C)c1nc(-c2ccccc2)nc(-n2c3ccccc3c3c(-c4ccc5c6ccccc6n(-c6ccccc6)c5c4)cc4c5c(oc4c32)C=CC(C)C5)n1. The maximum atomic E-state index is 6.98. The fraction of sp³-hybridized carbons (Fsp3) is 0.113. The van der Waals surface area contributed by atoms with Crippen LogP contribution in [-0.2, 0) is 6.42 Å². The first-order chi connectivity index (χ1) is 29.1. The van der Waals surface area contributed by atoms with Crippen LogP contribution in [0.2, 0.25) is 0 Å². The lowest BCUT2D eigenvalue weighted by Gasteiger charge is -2.14. The van der Waals surface area contributed by atoms with Crippen molar-refractivity contribution in [1.29, 1.82) is 0 Å². The van der Waals surface area contributed by atoms with Crippen molar-refractivity contribution in [2.75, 3.05) is 0 Å². The number of hydrogen-bond donors (Lipinski definition) is 0. The summed E-state index contributed by atoms with van der Waals surface area (Å²) in [7, 11) is 0. The van der Waals surface area contributed by atoms with Crippen LogP contribution in [0.3, 0.4) is 0 Å². The second-order valence-electron chi connectivity index (χ2n) is 15.7. The van der Waals surface area contributed by atoms with E-state index in [9.17, 15) is 0 Å². The third-order valence-corrected chi connectivity index (χ3v) is 11.8. The highest BCUT2D eigenvalue weighted by atomic mass is 16.3. The molecule has 0 saturated heterocycles. The molecule has 0 N–H and O–H groups in total. The number of allylic oxidation sites excluding steroid dienone is 5. The number of furan rings is 1. The Hall–Kier alpha value is -7.31. The molecule has 2 unspecified atom stereocenters. The molecular weight excluding hydrogens is 723 g/mol. The molecule has 4 aromatic heterocycles. The summed E-state index contributed by atoms with van der Waals surface area (Å²) in [6.45, 7) is 6.42. The summed E-state index contributed by atoms with van der Waals surface area (Å²) in [5.41, 5.74) is 10.7. The zero-order valence-corrected chi connectivity index (χ0v) is 33.2. The summed E-state index contributed by atoms with van der Waals surface area (Å²) in [6, 6.07) is 47.5. The Morgan fingerprint density at radius 2 is 1.39 bits per heavy atom. The number of aromatic nitrogens is 5. The second-order valence-corrected chi connectivity index (χ2v) is 15.7. The van der Waals surface area contributed by atoms with Gasteiger partial charge in [-0.05, 0) is 72.9 Å². The van der Waals surface area contributed by atoms with Gasteiger partial charge in [-0.15, -0.1) is 0 Å². The van der Waals surface area contributed by atoms with E-state index >= 15 is 0 Å². The summed E-state index contributed by atoms with van der Waals surface area (Å²) in [5.74, 6) is 3.12. The van der Waals surface area contributed by atoms with Crippen molar-refractivity contribution in [2.24, 2.45) is 5.92 Å². The fourth-order valence-corrected chi connectivity index (χ4v) is 9.01. The van der Waals surface area contributed by atoms with Gasteiger partial charge in [0.15, 0.2) is 11.4 Å². The van der Waals surface area contributed by atoms with Crippen LogP contribution in [0.15, 0.2) is 168 Å². The van der Waals surface area contributed by atoms with Crippen LogP contribution in [0.25, 0.3) is 94.8 Å². The highest BCUT2D eigenvalue weighted by Crippen LogP contribution is 2.47. The van der Waals surface area contributed by atoms with Gasteiger partial charge in [-0.2, -0.15) is 9.97 Å². The standard InChI is InChI=1S/C53H41N5O/c1-4-5-8-17-34(3)51-54-52(35-18-9-6-10-19-35)56-53(55-51)58-45-25-16-14-23-40(45)48-41(32-43-42-30-33(2)26-29-47(42)59-50(43)49(48)58)36-27-28-39-38-22-13-15-24-44(38)57(46(39)31-36)37-20-11-7-12-21-37/h4-29,31-34H,30H2,1-3H3/b5-4-,17-8-. The smallest absolute Gasteiger partial charge is 0.238 e. The van der Waals surface area contributed by atoms with Crippen LogP contribution >= 0.6 is 0 Å². The van der Waals surface area contributed by atoms with E-state index < -0.39 is 0 Å². The summed E-state index contributed by atoms with van der Waals surface area (Å²) in [6.07, 6.45) is 13.6. The Morgan fingerprint density at radius 1 is 0.678 bits per heavy atom. The molecule has 0 saturated carbocycles. The predicted octanol–water partition coefficient (Wildman–Crippen LogP) is 13.6. The molecule has 0 amide bonds. The number of rotatable bonds is 7. The monoisotopic (exact) mass is 763 g/mol. The van der Waals surface area contributed by atoms with Gasteiger partial charge in [0, 0.05) is 49.7 Å². The van der Waals surface area contributed by atoms with Crippen molar-refractivity contribution < 1.29 is 4.42 Å². The maximum Gasteiger partial charge on any atom is 0.238 e. The van der Waals surface area contributed by atoms with Gasteiger partial charge >= 0.3 is 0 Å². The topological polar surface area (TPSA) is 61.7 Å². The lowest BCUT2D eigenvalue weighted by atomic mass is 9.91. The minimum absolute atomic E-state index is 0.0651. The zero-order chi connectivity index (χ0) is 39.6. The van der Waals surface area contributed by atoms with Crippen LogP contribution in [0.4, 0.5) is 0 Å². The maximum absolute atomic E-state index is 6.98. The quantitative estimate of drug-likeness (QED) is 0.152. The Morgan fingerprint density at radius 3 is 2.19 bits per heavy atom. The number of hydrogen-bond acceptors (Lipinski definition) is 4. The summed E-state index contributed by atoms with van der Waals surface area (Å²) in [4.78, 5) is 15.7. The fourth-order valence-electron chi connectivity index (χ4n) is 9.01. The highest BCUT2D eigenvalue weighted by Gasteiger charge is 2.28. The van der Waals surface area contributed by atoms with E-state index in [1.54, 1.807) is 0 Å². The molecule has 6 aromatic carbocycles. The lowest BCUT2D eigenvalue weighted by Crippen LogP contribution is -2.09. The first-order valence-corrected chi connectivity index (χ1v) is 20.5. The van der Waals surface area contributed by atoms with Gasteiger partial charge in [0.2, 0.25) is 5.95 Å². The lowest BCUT2D eigenvalue weighted by molar-refractivity contribution is 0.585. The number of nitrogens with zero attached hydrogens (tertiary/aromatic N) is 5. The molecule has 0 aliphatic heterocycles. The van der Waals surface area contributed by atoms with Crippen molar-refractivity contribution in [3.05, 3.63) is 181 Å². The molecule has 10 aromatic rings. The van der Waals surface area contributed by atoms with Gasteiger partial charge in [0.05, 0.1) is 16.6 Å². The molecule has 59 heavy (non-hydrogen) atoms. The summed E-state index contributed by atoms with van der Waals surface area (Å²) >= 11 is 0. The third-order valence-electron chi connectivity index (χ3n) is 11.8. The van der Waals surface area contributed by atoms with Gasteiger partial charge in [-0.25, -0.2) is 4.98 Å². The minimum Gasteiger partial charge on any atom is -0.454 e. The van der Waals surface area contributed by atoms with Crippen molar-refractivity contribution >= 4 is 60.7 Å². The molecule has 11 rings (SSSR count). The number of fused-ring (bicyclic) bond motifs is 10. The predicted molar refractivity (Wildman–Crippen MR) is 243 cm³/mol. The molecule has 6 heteroatoms. The molecule has 1 aliphatic rings. The minimum atomic E-state index is -0.0651. The van der Waals surface area contributed by atoms with Crippen LogP contribution in [0, 0.1) is 5.92 Å². The van der Waals surface area contributed by atoms with Gasteiger partial charge < -0.3 is 8.98 Å². The molecule has 284 valence electrons. The van der Waals surface area contributed by atoms with Gasteiger partial charge in [-0.3, -0.25) is 4.57 Å². The summed E-state index contributed by atoms with van der Waals surface area (Å²) < 4.78 is 11.6. The van der Waals surface area contributed by atoms with E-state index in [1.807, 2.05) is 37.3 Å². The molecule has 1 aliphatic carbocycles. The van der Waals surface area contributed by atoms with E-state index in [2.05, 4.69) is 163 Å². The van der Waals surface area contributed by atoms with E-state index in [0.717, 1.165) is 72.9 Å². The molecule has 2 atom stereocenters. The van der Waals surface area contributed by atoms with E-state index in [1.165, 1.54) is 21.9 Å². The first kappa shape index (κ1) is 34.9. The molecule has 0 radical (unpaired) electrons. The Kier molecular flexibility index (Phi) is 8.26. The van der Waals surface area contributed by atoms with Crippen LogP contribution < -0.4 is 0 Å². The van der Waals surface area contributed by atoms with E-state index in [4.69, 9.17) is 19.4 Å². The van der Waals surface area contributed by atoms with Gasteiger partial charge in [0.1, 0.15) is 17.1 Å². The van der Waals surface area contributed by atoms with E-state index in [0.29, 0.717) is 23.5 Å². The molecular formula is C53H41N5O. The van der Waals surface area contributed by atoms with Crippen molar-refractivity contribution in [1.82, 2.24) is 24.1 Å². The molecule has 6 nitrogen and oxygen atoms in total. The first-order valence-electron chi connectivity index (χ1n) is 20.5. The average molecular weight is 764 g/mol. The average Bonchev–Trinajstić information content (AvgIpc) is 3.94. The van der Waals surface area contributed by atoms with Crippen LogP contribution in [0.1, 0.15) is 43.8 Å². The summed E-state index contributed by atoms with van der Waals surface area (Å²) in [5, 5.41) is 5.77. The highest BCUT2D eigenvalue weighted by molar-refractivity contribution is 6.24. The Labute approximate surface area is 342 Å². The number of para-hydroxylation sites is 3. The Balaban J connectivity index is 1.26. The largest absolute Gasteiger partial charge is 0.454 e. The molecule has 0 bridgehead atoms. The Bertz CT molecular complexity index is 3340. The van der Waals surface area contributed by atoms with Crippen molar-refractivity contribution in [3.8, 4) is 34.2 Å². The van der Waals surface area contributed by atoms with Crippen LogP contribution in [0.5, 0.6) is 0 Å². The van der Waals surface area contributed by atoms with E-state index in [-0.39, 0.29) is 5.92 Å². The van der Waals surface area contributed by atoms with Crippen molar-refractivity contribution in [2.45, 2.75) is 33.1 Å². The molecule has 0 spiro atoms. The van der Waals surface area contributed by atoms with Crippen LogP contribution in [-0.4, -0.2) is 24.1 Å². The molecule has 4 heterocycles. The third kappa shape index (κ3) is 5.66. The zero-order valence-electron chi connectivity index (χ0n) is 33.2. The number of benzene rings is 6. The van der Waals surface area contributed by atoms with Gasteiger partial charge in [0.25, 0.3) is 0 Å². The van der Waals surface area contributed by atoms with Gasteiger partial charge in [-0.1, -0.05) is 141 Å². The molecule has 0 fully saturated rings. The van der Waals surface area contributed by atoms with Crippen molar-refractivity contribution in [3.63, 3.8) is 0 Å². The normalized spacial score (nSPS) is 14.9. The second kappa shape index (κ2) is 14.0.